The van der Waals surface area contributed by atoms with Crippen LogP contribution in [0.25, 0.3) is 0 Å². The normalized spacial score (nSPS) is 11.4. The molecule has 0 aliphatic rings. The van der Waals surface area contributed by atoms with E-state index in [2.05, 4.69) is 0 Å². The Balaban J connectivity index is 2.44. The van der Waals surface area contributed by atoms with Gasteiger partial charge in [0.2, 0.25) is 6.10 Å². The third-order valence-electron chi connectivity index (χ3n) is 3.88. The molecule has 8 heteroatoms. The van der Waals surface area contributed by atoms with Crippen molar-refractivity contribution in [3.8, 4) is 0 Å². The minimum atomic E-state index is -1.15. The van der Waals surface area contributed by atoms with Gasteiger partial charge in [-0.05, 0) is 6.07 Å². The van der Waals surface area contributed by atoms with E-state index in [0.717, 1.165) is 6.07 Å². The van der Waals surface area contributed by atoms with E-state index in [4.69, 9.17) is 4.74 Å². The SMILES string of the molecule is CN(C)C(=O)[C@@H](OC(=O)c1cc([N+](=O)[O-])ccc1N(C)C)c1ccccc1. The Morgan fingerprint density at radius 1 is 1.04 bits per heavy atom. The Morgan fingerprint density at radius 2 is 1.67 bits per heavy atom. The predicted molar refractivity (Wildman–Crippen MR) is 101 cm³/mol. The van der Waals surface area contributed by atoms with Gasteiger partial charge in [-0.15, -0.1) is 0 Å². The van der Waals surface area contributed by atoms with Gasteiger partial charge >= 0.3 is 5.97 Å². The van der Waals surface area contributed by atoms with Crippen LogP contribution >= 0.6 is 0 Å². The van der Waals surface area contributed by atoms with Gasteiger partial charge in [-0.3, -0.25) is 14.9 Å². The molecule has 0 unspecified atom stereocenters. The fourth-order valence-corrected chi connectivity index (χ4v) is 2.48. The lowest BCUT2D eigenvalue weighted by Gasteiger charge is -2.22. The minimum Gasteiger partial charge on any atom is -0.444 e. The maximum Gasteiger partial charge on any atom is 0.341 e. The summed E-state index contributed by atoms with van der Waals surface area (Å²) in [6, 6.07) is 12.5. The predicted octanol–water partition coefficient (Wildman–Crippen LogP) is 2.65. The number of nitro groups is 1. The van der Waals surface area contributed by atoms with Gasteiger partial charge in [0.25, 0.3) is 11.6 Å². The van der Waals surface area contributed by atoms with E-state index in [1.54, 1.807) is 63.4 Å². The van der Waals surface area contributed by atoms with Crippen molar-refractivity contribution in [3.05, 3.63) is 69.8 Å². The van der Waals surface area contributed by atoms with Crippen LogP contribution in [0, 0.1) is 10.1 Å². The van der Waals surface area contributed by atoms with Crippen molar-refractivity contribution in [2.45, 2.75) is 6.10 Å². The van der Waals surface area contributed by atoms with E-state index in [-0.39, 0.29) is 11.3 Å². The fraction of sp³-hybridized carbons (Fsp3) is 0.263. The third kappa shape index (κ3) is 4.60. The summed E-state index contributed by atoms with van der Waals surface area (Å²) in [7, 11) is 6.53. The molecular formula is C19H21N3O5. The molecule has 0 aromatic heterocycles. The lowest BCUT2D eigenvalue weighted by Crippen LogP contribution is -2.31. The molecule has 0 saturated carbocycles. The number of hydrogen-bond acceptors (Lipinski definition) is 6. The van der Waals surface area contributed by atoms with Crippen molar-refractivity contribution in [3.63, 3.8) is 0 Å². The molecular weight excluding hydrogens is 350 g/mol. The number of hydrogen-bond donors (Lipinski definition) is 0. The number of benzene rings is 2. The summed E-state index contributed by atoms with van der Waals surface area (Å²) < 4.78 is 5.49. The van der Waals surface area contributed by atoms with Crippen LogP contribution < -0.4 is 4.90 Å². The number of amides is 1. The first-order valence-corrected chi connectivity index (χ1v) is 8.15. The Hall–Kier alpha value is -3.42. The number of nitrogens with zero attached hydrogens (tertiary/aromatic N) is 3. The molecule has 2 aromatic carbocycles. The van der Waals surface area contributed by atoms with Crippen LogP contribution in [0.2, 0.25) is 0 Å². The standard InChI is InChI=1S/C19H21N3O5/c1-20(2)16-11-10-14(22(25)26)12-15(16)19(24)27-17(18(23)21(3)4)13-8-6-5-7-9-13/h5-12,17H,1-4H3/t17-/m0/s1. The second-order valence-electron chi connectivity index (χ2n) is 6.28. The zero-order valence-electron chi connectivity index (χ0n) is 15.6. The molecule has 0 saturated heterocycles. The van der Waals surface area contributed by atoms with E-state index in [0.29, 0.717) is 11.3 Å². The lowest BCUT2D eigenvalue weighted by atomic mass is 10.1. The molecule has 0 aliphatic carbocycles. The van der Waals surface area contributed by atoms with Gasteiger partial charge < -0.3 is 14.5 Å². The Morgan fingerprint density at radius 3 is 2.19 bits per heavy atom. The van der Waals surface area contributed by atoms with E-state index in [9.17, 15) is 19.7 Å². The molecule has 8 nitrogen and oxygen atoms in total. The number of carbonyl (C=O) groups excluding carboxylic acids is 2. The van der Waals surface area contributed by atoms with Gasteiger partial charge in [0.05, 0.1) is 16.2 Å². The molecule has 0 fully saturated rings. The first kappa shape index (κ1) is 19.9. The maximum absolute atomic E-state index is 12.8. The average Bonchev–Trinajstić information content (AvgIpc) is 2.65. The summed E-state index contributed by atoms with van der Waals surface area (Å²) in [5, 5.41) is 11.1. The summed E-state index contributed by atoms with van der Waals surface area (Å²) in [6.45, 7) is 0. The molecule has 0 spiro atoms. The van der Waals surface area contributed by atoms with Crippen LogP contribution in [-0.2, 0) is 9.53 Å². The molecule has 1 amide bonds. The van der Waals surface area contributed by atoms with Crippen molar-refractivity contribution in [1.82, 2.24) is 4.90 Å². The molecule has 0 aliphatic heterocycles. The van der Waals surface area contributed by atoms with Gasteiger partial charge in [0.1, 0.15) is 0 Å². The van der Waals surface area contributed by atoms with Crippen molar-refractivity contribution in [2.24, 2.45) is 0 Å². The maximum atomic E-state index is 12.8. The second kappa shape index (κ2) is 8.31. The first-order valence-electron chi connectivity index (χ1n) is 8.15. The molecule has 0 N–H and O–H groups in total. The molecule has 142 valence electrons. The topological polar surface area (TPSA) is 93.0 Å². The van der Waals surface area contributed by atoms with E-state index in [1.165, 1.54) is 17.0 Å². The number of esters is 1. The zero-order chi connectivity index (χ0) is 20.1. The number of rotatable bonds is 6. The van der Waals surface area contributed by atoms with E-state index in [1.807, 2.05) is 0 Å². The lowest BCUT2D eigenvalue weighted by molar-refractivity contribution is -0.384. The summed E-state index contributed by atoms with van der Waals surface area (Å²) in [4.78, 5) is 38.8. The molecule has 0 bridgehead atoms. The highest BCUT2D eigenvalue weighted by Crippen LogP contribution is 2.28. The molecule has 0 radical (unpaired) electrons. The van der Waals surface area contributed by atoms with Crippen LogP contribution in [0.3, 0.4) is 0 Å². The molecule has 27 heavy (non-hydrogen) atoms. The second-order valence-corrected chi connectivity index (χ2v) is 6.28. The van der Waals surface area contributed by atoms with Crippen LogP contribution in [0.4, 0.5) is 11.4 Å². The van der Waals surface area contributed by atoms with Gasteiger partial charge in [-0.25, -0.2) is 4.79 Å². The van der Waals surface area contributed by atoms with E-state index < -0.39 is 22.9 Å². The number of ether oxygens (including phenoxy) is 1. The largest absolute Gasteiger partial charge is 0.444 e. The first-order chi connectivity index (χ1) is 12.7. The fourth-order valence-electron chi connectivity index (χ4n) is 2.48. The average molecular weight is 371 g/mol. The number of carbonyl (C=O) groups is 2. The Kier molecular flexibility index (Phi) is 6.12. The minimum absolute atomic E-state index is 0.0155. The quantitative estimate of drug-likeness (QED) is 0.440. The van der Waals surface area contributed by atoms with E-state index >= 15 is 0 Å². The summed E-state index contributed by atoms with van der Waals surface area (Å²) in [6.07, 6.45) is -1.15. The molecule has 2 aromatic rings. The highest BCUT2D eigenvalue weighted by molar-refractivity contribution is 5.98. The van der Waals surface area contributed by atoms with Crippen molar-refractivity contribution >= 4 is 23.3 Å². The zero-order valence-corrected chi connectivity index (χ0v) is 15.6. The Bertz CT molecular complexity index is 850. The molecule has 1 atom stereocenters. The highest BCUT2D eigenvalue weighted by atomic mass is 16.6. The van der Waals surface area contributed by atoms with Crippen LogP contribution in [0.5, 0.6) is 0 Å². The summed E-state index contributed by atoms with van der Waals surface area (Å²) in [5.41, 5.74) is 0.750. The monoisotopic (exact) mass is 371 g/mol. The van der Waals surface area contributed by atoms with Gasteiger partial charge in [-0.2, -0.15) is 0 Å². The van der Waals surface area contributed by atoms with Crippen molar-refractivity contribution < 1.29 is 19.2 Å². The van der Waals surface area contributed by atoms with Gasteiger partial charge in [-0.1, -0.05) is 30.3 Å². The Labute approximate surface area is 157 Å². The highest BCUT2D eigenvalue weighted by Gasteiger charge is 2.29. The third-order valence-corrected chi connectivity index (χ3v) is 3.88. The number of likely N-dealkylation sites (N-methyl/N-ethyl adjacent to an activating group) is 1. The van der Waals surface area contributed by atoms with Crippen molar-refractivity contribution in [1.29, 1.82) is 0 Å². The summed E-state index contributed by atoms with van der Waals surface area (Å²) >= 11 is 0. The van der Waals surface area contributed by atoms with Crippen molar-refractivity contribution in [2.75, 3.05) is 33.1 Å². The number of anilines is 1. The summed E-state index contributed by atoms with van der Waals surface area (Å²) in [5.74, 6) is -1.22. The van der Waals surface area contributed by atoms with Crippen LogP contribution in [0.1, 0.15) is 22.0 Å². The van der Waals surface area contributed by atoms with Gasteiger partial charge in [0, 0.05) is 45.9 Å². The van der Waals surface area contributed by atoms with Gasteiger partial charge in [0.15, 0.2) is 0 Å². The number of non-ortho nitro benzene ring substituents is 1. The molecule has 2 rings (SSSR count). The number of nitro benzene ring substituents is 1. The molecule has 0 heterocycles. The smallest absolute Gasteiger partial charge is 0.341 e. The van der Waals surface area contributed by atoms with Crippen LogP contribution in [-0.4, -0.2) is 49.9 Å². The van der Waals surface area contributed by atoms with Crippen LogP contribution in [0.15, 0.2) is 48.5 Å².